The molecule has 0 saturated heterocycles. The minimum Gasteiger partial charge on any atom is -0.325 e. The molecule has 0 fully saturated rings. The summed E-state index contributed by atoms with van der Waals surface area (Å²) in [7, 11) is 0. The molecule has 27 heavy (non-hydrogen) atoms. The molecule has 6 nitrogen and oxygen atoms in total. The van der Waals surface area contributed by atoms with Crippen molar-refractivity contribution in [1.82, 2.24) is 10.2 Å². The molecule has 3 aromatic rings. The molecule has 10 heteroatoms. The Hall–Kier alpha value is -2.13. The molecule has 1 heterocycles. The summed E-state index contributed by atoms with van der Waals surface area (Å²) < 4.78 is 0.561. The molecular weight excluding hydrogens is 427 g/mol. The maximum absolute atomic E-state index is 12.3. The number of nitrogens with one attached hydrogen (secondary N) is 2. The molecule has 0 atom stereocenters. The van der Waals surface area contributed by atoms with E-state index < -0.39 is 5.91 Å². The highest BCUT2D eigenvalue weighted by Crippen LogP contribution is 2.27. The predicted octanol–water partition coefficient (Wildman–Crippen LogP) is 4.83. The predicted molar refractivity (Wildman–Crippen MR) is 110 cm³/mol. The van der Waals surface area contributed by atoms with E-state index in [0.29, 0.717) is 14.5 Å². The van der Waals surface area contributed by atoms with Crippen LogP contribution >= 0.6 is 46.3 Å². The molecule has 3 rings (SSSR count). The van der Waals surface area contributed by atoms with Gasteiger partial charge in [-0.15, -0.1) is 10.2 Å². The molecule has 0 bridgehead atoms. The summed E-state index contributed by atoms with van der Waals surface area (Å²) in [5.74, 6) is -0.410. The lowest BCUT2D eigenvalue weighted by Gasteiger charge is -2.04. The Kier molecular flexibility index (Phi) is 6.68. The van der Waals surface area contributed by atoms with Gasteiger partial charge in [0.05, 0.1) is 16.3 Å². The van der Waals surface area contributed by atoms with Crippen LogP contribution in [0.25, 0.3) is 0 Å². The van der Waals surface area contributed by atoms with Crippen LogP contribution in [0.1, 0.15) is 10.4 Å². The van der Waals surface area contributed by atoms with Crippen molar-refractivity contribution < 1.29 is 9.59 Å². The summed E-state index contributed by atoms with van der Waals surface area (Å²) in [6.45, 7) is 0. The van der Waals surface area contributed by atoms with Crippen LogP contribution in [-0.4, -0.2) is 27.8 Å². The van der Waals surface area contributed by atoms with E-state index in [2.05, 4.69) is 20.8 Å². The van der Waals surface area contributed by atoms with Crippen molar-refractivity contribution in [2.45, 2.75) is 4.34 Å². The summed E-state index contributed by atoms with van der Waals surface area (Å²) in [4.78, 5) is 24.2. The van der Waals surface area contributed by atoms with E-state index in [4.69, 9.17) is 23.2 Å². The van der Waals surface area contributed by atoms with Crippen molar-refractivity contribution in [2.24, 2.45) is 0 Å². The number of anilines is 2. The number of halogens is 2. The molecule has 0 aliphatic carbocycles. The number of carbonyl (C=O) groups is 2. The van der Waals surface area contributed by atoms with Crippen molar-refractivity contribution >= 4 is 68.9 Å². The lowest BCUT2D eigenvalue weighted by Crippen LogP contribution is -2.13. The molecule has 138 valence electrons. The van der Waals surface area contributed by atoms with Gasteiger partial charge < -0.3 is 5.32 Å². The minimum atomic E-state index is -0.433. The smallest absolute Gasteiger partial charge is 0.259 e. The van der Waals surface area contributed by atoms with Crippen LogP contribution in [0.3, 0.4) is 0 Å². The third-order valence-corrected chi connectivity index (χ3v) is 5.72. The van der Waals surface area contributed by atoms with Crippen molar-refractivity contribution in [3.8, 4) is 0 Å². The molecule has 0 radical (unpaired) electrons. The summed E-state index contributed by atoms with van der Waals surface area (Å²) in [5, 5.41) is 14.3. The first-order valence-electron chi connectivity index (χ1n) is 7.59. The number of hydrogen-bond acceptors (Lipinski definition) is 6. The van der Waals surface area contributed by atoms with Crippen molar-refractivity contribution in [3.05, 3.63) is 64.1 Å². The molecule has 2 N–H and O–H groups in total. The molecule has 1 aromatic heterocycles. The van der Waals surface area contributed by atoms with Gasteiger partial charge in [0.15, 0.2) is 4.34 Å². The Morgan fingerprint density at radius 1 is 1.04 bits per heavy atom. The van der Waals surface area contributed by atoms with E-state index in [1.54, 1.807) is 12.1 Å². The fourth-order valence-corrected chi connectivity index (χ4v) is 3.92. The van der Waals surface area contributed by atoms with E-state index in [1.165, 1.54) is 29.2 Å². The average Bonchev–Trinajstić information content (AvgIpc) is 3.10. The Morgan fingerprint density at radius 2 is 1.81 bits per heavy atom. The Labute approximate surface area is 173 Å². The van der Waals surface area contributed by atoms with Gasteiger partial charge in [0.2, 0.25) is 11.0 Å². The van der Waals surface area contributed by atoms with Gasteiger partial charge in [0.25, 0.3) is 5.91 Å². The third-order valence-electron chi connectivity index (χ3n) is 3.18. The topological polar surface area (TPSA) is 84.0 Å². The van der Waals surface area contributed by atoms with E-state index in [9.17, 15) is 9.59 Å². The Bertz CT molecular complexity index is 967. The van der Waals surface area contributed by atoms with Crippen LogP contribution in [0.15, 0.2) is 52.9 Å². The minimum absolute atomic E-state index is 0.155. The monoisotopic (exact) mass is 438 g/mol. The van der Waals surface area contributed by atoms with E-state index >= 15 is 0 Å². The van der Waals surface area contributed by atoms with Gasteiger partial charge in [-0.2, -0.15) is 0 Å². The highest BCUT2D eigenvalue weighted by molar-refractivity contribution is 8.01. The number of aromatic nitrogens is 2. The van der Waals surface area contributed by atoms with Gasteiger partial charge in [-0.1, -0.05) is 64.5 Å². The number of thioether (sulfide) groups is 1. The summed E-state index contributed by atoms with van der Waals surface area (Å²) in [6.07, 6.45) is 0. The zero-order valence-corrected chi connectivity index (χ0v) is 16.8. The lowest BCUT2D eigenvalue weighted by atomic mass is 10.2. The highest BCUT2D eigenvalue weighted by atomic mass is 35.5. The van der Waals surface area contributed by atoms with Crippen LogP contribution in [-0.2, 0) is 4.79 Å². The number of benzene rings is 2. The summed E-state index contributed by atoms with van der Waals surface area (Å²) in [6, 6.07) is 13.8. The van der Waals surface area contributed by atoms with Crippen LogP contribution in [0.5, 0.6) is 0 Å². The van der Waals surface area contributed by atoms with Gasteiger partial charge in [-0.05, 0) is 30.3 Å². The number of para-hydroxylation sites is 1. The SMILES string of the molecule is O=C(CSc1nnc(NC(=O)c2cc(Cl)ccc2Cl)s1)Nc1ccccc1. The van der Waals surface area contributed by atoms with Crippen LogP contribution in [0, 0.1) is 0 Å². The molecule has 0 aliphatic rings. The fourth-order valence-electron chi connectivity index (χ4n) is 2.00. The van der Waals surface area contributed by atoms with Crippen molar-refractivity contribution in [1.29, 1.82) is 0 Å². The first-order chi connectivity index (χ1) is 13.0. The maximum atomic E-state index is 12.3. The number of rotatable bonds is 6. The van der Waals surface area contributed by atoms with E-state index in [1.807, 2.05) is 30.3 Å². The zero-order valence-electron chi connectivity index (χ0n) is 13.6. The Balaban J connectivity index is 1.54. The molecule has 0 aliphatic heterocycles. The van der Waals surface area contributed by atoms with Gasteiger partial charge in [0, 0.05) is 10.7 Å². The van der Waals surface area contributed by atoms with Crippen molar-refractivity contribution in [3.63, 3.8) is 0 Å². The normalized spacial score (nSPS) is 10.4. The van der Waals surface area contributed by atoms with Crippen molar-refractivity contribution in [2.75, 3.05) is 16.4 Å². The number of nitrogens with zero attached hydrogens (tertiary/aromatic N) is 2. The molecule has 2 aromatic carbocycles. The molecular formula is C17H12Cl2N4O2S2. The lowest BCUT2D eigenvalue weighted by molar-refractivity contribution is -0.113. The average molecular weight is 439 g/mol. The molecule has 0 spiro atoms. The summed E-state index contributed by atoms with van der Waals surface area (Å²) in [5.41, 5.74) is 0.975. The van der Waals surface area contributed by atoms with E-state index in [-0.39, 0.29) is 22.2 Å². The molecule has 0 saturated carbocycles. The second-order valence-corrected chi connectivity index (χ2v) is 8.20. The Morgan fingerprint density at radius 3 is 2.59 bits per heavy atom. The largest absolute Gasteiger partial charge is 0.325 e. The van der Waals surface area contributed by atoms with Gasteiger partial charge in [-0.3, -0.25) is 14.9 Å². The standard InChI is InChI=1S/C17H12Cl2N4O2S2/c18-10-6-7-13(19)12(8-10)15(25)21-16-22-23-17(27-16)26-9-14(24)20-11-4-2-1-3-5-11/h1-8H,9H2,(H,20,24)(H,21,22,25). The quantitative estimate of drug-likeness (QED) is 0.425. The van der Waals surface area contributed by atoms with Crippen LogP contribution in [0.4, 0.5) is 10.8 Å². The third kappa shape index (κ3) is 5.67. The number of carbonyl (C=O) groups excluding carboxylic acids is 2. The summed E-state index contributed by atoms with van der Waals surface area (Å²) >= 11 is 14.3. The van der Waals surface area contributed by atoms with Gasteiger partial charge in [0.1, 0.15) is 0 Å². The molecule has 2 amide bonds. The maximum Gasteiger partial charge on any atom is 0.259 e. The highest BCUT2D eigenvalue weighted by Gasteiger charge is 2.14. The fraction of sp³-hybridized carbons (Fsp3) is 0.0588. The first-order valence-corrected chi connectivity index (χ1v) is 10.1. The van der Waals surface area contributed by atoms with E-state index in [0.717, 1.165) is 5.69 Å². The number of amides is 2. The zero-order chi connectivity index (χ0) is 19.2. The first kappa shape index (κ1) is 19.6. The van der Waals surface area contributed by atoms with Gasteiger partial charge >= 0.3 is 0 Å². The second-order valence-electron chi connectivity index (χ2n) is 5.15. The van der Waals surface area contributed by atoms with Crippen LogP contribution < -0.4 is 10.6 Å². The van der Waals surface area contributed by atoms with Gasteiger partial charge in [-0.25, -0.2) is 0 Å². The van der Waals surface area contributed by atoms with Crippen LogP contribution in [0.2, 0.25) is 10.0 Å². The number of hydrogen-bond donors (Lipinski definition) is 2. The second kappa shape index (κ2) is 9.18. The molecule has 0 unspecified atom stereocenters.